The Morgan fingerprint density at radius 1 is 1.47 bits per heavy atom. The fourth-order valence-electron chi connectivity index (χ4n) is 1.50. The summed E-state index contributed by atoms with van der Waals surface area (Å²) < 4.78 is 5.49. The fourth-order valence-corrected chi connectivity index (χ4v) is 1.96. The Morgan fingerprint density at radius 3 is 3.00 bits per heavy atom. The first-order chi connectivity index (χ1) is 8.27. The summed E-state index contributed by atoms with van der Waals surface area (Å²) in [5.41, 5.74) is 0.847. The molecule has 1 heterocycles. The van der Waals surface area contributed by atoms with Gasteiger partial charge in [0.2, 0.25) is 0 Å². The average molecular weight is 255 g/mol. The first-order valence-corrected chi connectivity index (χ1v) is 7.42. The average Bonchev–Trinajstić information content (AvgIpc) is 2.37. The summed E-state index contributed by atoms with van der Waals surface area (Å²) in [7, 11) is 0. The maximum Gasteiger partial charge on any atom is 0.137 e. The van der Waals surface area contributed by atoms with Crippen LogP contribution in [0, 0.1) is 0 Å². The highest BCUT2D eigenvalue weighted by Crippen LogP contribution is 2.22. The summed E-state index contributed by atoms with van der Waals surface area (Å²) in [6.07, 6.45) is 7.81. The van der Waals surface area contributed by atoms with E-state index in [1.807, 2.05) is 6.07 Å². The van der Waals surface area contributed by atoms with E-state index in [-0.39, 0.29) is 0 Å². The molecular weight excluding hydrogens is 234 g/mol. The molecule has 0 saturated heterocycles. The van der Waals surface area contributed by atoms with Gasteiger partial charge in [-0.3, -0.25) is 4.98 Å². The lowest BCUT2D eigenvalue weighted by Gasteiger charge is -2.11. The standard InChI is InChI=1S/C13H21NO2S/c1-3-6-16-12-8-11(9-14-10-12)13(15)5-4-7-17-2/h8-10,13,15H,3-7H2,1-2H3. The van der Waals surface area contributed by atoms with E-state index in [4.69, 9.17) is 4.74 Å². The van der Waals surface area contributed by atoms with Crippen LogP contribution in [0.2, 0.25) is 0 Å². The number of aliphatic hydroxyl groups excluding tert-OH is 1. The first-order valence-electron chi connectivity index (χ1n) is 6.02. The lowest BCUT2D eigenvalue weighted by molar-refractivity contribution is 0.166. The summed E-state index contributed by atoms with van der Waals surface area (Å²) in [6.45, 7) is 2.75. The second-order valence-corrected chi connectivity index (χ2v) is 4.94. The van der Waals surface area contributed by atoms with Gasteiger partial charge in [-0.1, -0.05) is 6.92 Å². The molecule has 0 aromatic carbocycles. The van der Waals surface area contributed by atoms with Crippen molar-refractivity contribution in [2.24, 2.45) is 0 Å². The van der Waals surface area contributed by atoms with Gasteiger partial charge in [-0.05, 0) is 37.3 Å². The zero-order valence-electron chi connectivity index (χ0n) is 10.6. The van der Waals surface area contributed by atoms with Gasteiger partial charge in [0, 0.05) is 11.8 Å². The van der Waals surface area contributed by atoms with Gasteiger partial charge in [0.25, 0.3) is 0 Å². The normalized spacial score (nSPS) is 12.4. The predicted molar refractivity (Wildman–Crippen MR) is 72.6 cm³/mol. The third kappa shape index (κ3) is 5.41. The maximum absolute atomic E-state index is 9.99. The van der Waals surface area contributed by atoms with E-state index in [1.54, 1.807) is 24.2 Å². The van der Waals surface area contributed by atoms with Crippen molar-refractivity contribution in [2.75, 3.05) is 18.6 Å². The number of rotatable bonds is 8. The van der Waals surface area contributed by atoms with Gasteiger partial charge in [-0.15, -0.1) is 0 Å². The minimum Gasteiger partial charge on any atom is -0.492 e. The minimum atomic E-state index is -0.431. The zero-order chi connectivity index (χ0) is 12.5. The van der Waals surface area contributed by atoms with Crippen molar-refractivity contribution in [3.05, 3.63) is 24.0 Å². The molecule has 0 aliphatic heterocycles. The summed E-state index contributed by atoms with van der Waals surface area (Å²) in [6, 6.07) is 1.88. The molecule has 1 atom stereocenters. The molecule has 0 bridgehead atoms. The molecule has 96 valence electrons. The zero-order valence-corrected chi connectivity index (χ0v) is 11.4. The fraction of sp³-hybridized carbons (Fsp3) is 0.615. The third-order valence-corrected chi connectivity index (χ3v) is 3.11. The molecule has 0 amide bonds. The monoisotopic (exact) mass is 255 g/mol. The number of thioether (sulfide) groups is 1. The molecule has 0 aliphatic carbocycles. The molecule has 1 aromatic rings. The minimum absolute atomic E-state index is 0.431. The van der Waals surface area contributed by atoms with Gasteiger partial charge in [0.1, 0.15) is 5.75 Å². The van der Waals surface area contributed by atoms with Crippen LogP contribution in [0.5, 0.6) is 5.75 Å². The molecule has 17 heavy (non-hydrogen) atoms. The Labute approximate surface area is 108 Å². The molecule has 0 aliphatic rings. The smallest absolute Gasteiger partial charge is 0.137 e. The molecule has 0 spiro atoms. The molecule has 1 N–H and O–H groups in total. The van der Waals surface area contributed by atoms with Crippen molar-refractivity contribution in [3.63, 3.8) is 0 Å². The molecule has 1 rings (SSSR count). The molecule has 0 saturated carbocycles. The maximum atomic E-state index is 9.99. The van der Waals surface area contributed by atoms with Crippen molar-refractivity contribution in [3.8, 4) is 5.75 Å². The van der Waals surface area contributed by atoms with Crippen molar-refractivity contribution < 1.29 is 9.84 Å². The number of aromatic nitrogens is 1. The van der Waals surface area contributed by atoms with Crippen LogP contribution in [0.15, 0.2) is 18.5 Å². The highest BCUT2D eigenvalue weighted by atomic mass is 32.2. The van der Waals surface area contributed by atoms with E-state index in [0.717, 1.165) is 36.3 Å². The van der Waals surface area contributed by atoms with E-state index < -0.39 is 6.10 Å². The SMILES string of the molecule is CCCOc1cncc(C(O)CCCSC)c1. The number of aliphatic hydroxyl groups is 1. The van der Waals surface area contributed by atoms with E-state index >= 15 is 0 Å². The quantitative estimate of drug-likeness (QED) is 0.725. The van der Waals surface area contributed by atoms with Crippen LogP contribution in [-0.4, -0.2) is 28.7 Å². The Hall–Kier alpha value is -0.740. The number of hydrogen-bond acceptors (Lipinski definition) is 4. The van der Waals surface area contributed by atoms with Crippen LogP contribution in [0.1, 0.15) is 37.9 Å². The van der Waals surface area contributed by atoms with E-state index in [0.29, 0.717) is 6.61 Å². The van der Waals surface area contributed by atoms with E-state index in [1.165, 1.54) is 0 Å². The molecule has 0 radical (unpaired) electrons. The molecule has 4 heteroatoms. The van der Waals surface area contributed by atoms with Crippen LogP contribution in [-0.2, 0) is 0 Å². The van der Waals surface area contributed by atoms with Crippen LogP contribution in [0.25, 0.3) is 0 Å². The van der Waals surface area contributed by atoms with Gasteiger partial charge in [-0.2, -0.15) is 11.8 Å². The van der Waals surface area contributed by atoms with Gasteiger partial charge in [0.05, 0.1) is 18.9 Å². The first kappa shape index (κ1) is 14.3. The van der Waals surface area contributed by atoms with Gasteiger partial charge >= 0.3 is 0 Å². The highest BCUT2D eigenvalue weighted by Gasteiger charge is 2.08. The van der Waals surface area contributed by atoms with Crippen molar-refractivity contribution >= 4 is 11.8 Å². The topological polar surface area (TPSA) is 42.4 Å². The number of nitrogens with zero attached hydrogens (tertiary/aromatic N) is 1. The van der Waals surface area contributed by atoms with E-state index in [2.05, 4.69) is 18.2 Å². The molecule has 3 nitrogen and oxygen atoms in total. The largest absolute Gasteiger partial charge is 0.492 e. The number of pyridine rings is 1. The van der Waals surface area contributed by atoms with Gasteiger partial charge in [0.15, 0.2) is 0 Å². The van der Waals surface area contributed by atoms with Crippen LogP contribution < -0.4 is 4.74 Å². The number of hydrogen-bond donors (Lipinski definition) is 1. The van der Waals surface area contributed by atoms with Crippen LogP contribution in [0.4, 0.5) is 0 Å². The highest BCUT2D eigenvalue weighted by molar-refractivity contribution is 7.98. The second-order valence-electron chi connectivity index (χ2n) is 3.95. The molecule has 0 fully saturated rings. The third-order valence-electron chi connectivity index (χ3n) is 2.42. The Kier molecular flexibility index (Phi) is 7.05. The Bertz CT molecular complexity index is 320. The van der Waals surface area contributed by atoms with Crippen molar-refractivity contribution in [1.82, 2.24) is 4.98 Å². The number of ether oxygens (including phenoxy) is 1. The molecule has 1 aromatic heterocycles. The van der Waals surface area contributed by atoms with Crippen LogP contribution >= 0.6 is 11.8 Å². The summed E-state index contributed by atoms with van der Waals surface area (Å²) >= 11 is 1.80. The van der Waals surface area contributed by atoms with Crippen LogP contribution in [0.3, 0.4) is 0 Å². The summed E-state index contributed by atoms with van der Waals surface area (Å²) in [5.74, 6) is 1.82. The van der Waals surface area contributed by atoms with Crippen molar-refractivity contribution in [1.29, 1.82) is 0 Å². The van der Waals surface area contributed by atoms with Crippen molar-refractivity contribution in [2.45, 2.75) is 32.3 Å². The van der Waals surface area contributed by atoms with Gasteiger partial charge in [-0.25, -0.2) is 0 Å². The summed E-state index contributed by atoms with van der Waals surface area (Å²) in [4.78, 5) is 4.10. The Balaban J connectivity index is 2.51. The lowest BCUT2D eigenvalue weighted by Crippen LogP contribution is -2.01. The predicted octanol–water partition coefficient (Wildman–Crippen LogP) is 3.05. The van der Waals surface area contributed by atoms with E-state index in [9.17, 15) is 5.11 Å². The molecule has 1 unspecified atom stereocenters. The Morgan fingerprint density at radius 2 is 2.29 bits per heavy atom. The lowest BCUT2D eigenvalue weighted by atomic mass is 10.1. The molecular formula is C13H21NO2S. The second kappa shape index (κ2) is 8.37. The van der Waals surface area contributed by atoms with Gasteiger partial charge < -0.3 is 9.84 Å². The summed E-state index contributed by atoms with van der Waals surface area (Å²) in [5, 5.41) is 9.99.